The van der Waals surface area contributed by atoms with E-state index in [0.717, 1.165) is 0 Å². The van der Waals surface area contributed by atoms with E-state index in [1.165, 1.54) is 7.11 Å². The molecule has 0 bridgehead atoms. The Labute approximate surface area is 77.3 Å². The topological polar surface area (TPSA) is 83.8 Å². The van der Waals surface area contributed by atoms with E-state index in [1.54, 1.807) is 20.8 Å². The molecular formula is C8H16O5. The standard InChI is InChI=1S/C5H10O2.C3H6O3/c1-5(2,3)4(6)7;1-6-2-3(4)5/h1-3H3,(H,6,7);2H2,1H3,(H,4,5). The molecule has 0 spiro atoms. The molecule has 5 nitrogen and oxygen atoms in total. The second kappa shape index (κ2) is 6.42. The Balaban J connectivity index is 0. The van der Waals surface area contributed by atoms with E-state index in [9.17, 15) is 9.59 Å². The Bertz CT molecular complexity index is 168. The monoisotopic (exact) mass is 192 g/mol. The van der Waals surface area contributed by atoms with Crippen molar-refractivity contribution in [1.82, 2.24) is 0 Å². The summed E-state index contributed by atoms with van der Waals surface area (Å²) in [6, 6.07) is 0. The molecule has 0 aromatic rings. The highest BCUT2D eigenvalue weighted by Gasteiger charge is 2.18. The highest BCUT2D eigenvalue weighted by atomic mass is 16.5. The van der Waals surface area contributed by atoms with Gasteiger partial charge in [0.1, 0.15) is 6.61 Å². The lowest BCUT2D eigenvalue weighted by atomic mass is 9.98. The van der Waals surface area contributed by atoms with E-state index in [4.69, 9.17) is 10.2 Å². The molecular weight excluding hydrogens is 176 g/mol. The van der Waals surface area contributed by atoms with Crippen LogP contribution in [0.15, 0.2) is 0 Å². The predicted molar refractivity (Wildman–Crippen MR) is 46.6 cm³/mol. The summed E-state index contributed by atoms with van der Waals surface area (Å²) >= 11 is 0. The third kappa shape index (κ3) is 13.8. The molecule has 0 aliphatic carbocycles. The summed E-state index contributed by atoms with van der Waals surface area (Å²) in [6.45, 7) is 4.78. The van der Waals surface area contributed by atoms with Gasteiger partial charge in [0.25, 0.3) is 0 Å². The zero-order valence-corrected chi connectivity index (χ0v) is 8.33. The maximum Gasteiger partial charge on any atom is 0.329 e. The summed E-state index contributed by atoms with van der Waals surface area (Å²) in [7, 11) is 1.34. The Kier molecular flexibility index (Phi) is 7.12. The third-order valence-electron chi connectivity index (χ3n) is 0.909. The quantitative estimate of drug-likeness (QED) is 0.677. The second-order valence-corrected chi connectivity index (χ2v) is 3.38. The molecule has 78 valence electrons. The normalized spacial score (nSPS) is 9.85. The molecule has 0 atom stereocenters. The number of hydrogen-bond donors (Lipinski definition) is 2. The van der Waals surface area contributed by atoms with Crippen LogP contribution < -0.4 is 0 Å². The minimum atomic E-state index is -0.933. The summed E-state index contributed by atoms with van der Waals surface area (Å²) in [4.78, 5) is 19.5. The van der Waals surface area contributed by atoms with Crippen molar-refractivity contribution in [3.63, 3.8) is 0 Å². The van der Waals surface area contributed by atoms with E-state index in [2.05, 4.69) is 4.74 Å². The number of methoxy groups -OCH3 is 1. The smallest absolute Gasteiger partial charge is 0.329 e. The van der Waals surface area contributed by atoms with Gasteiger partial charge in [0.15, 0.2) is 0 Å². The van der Waals surface area contributed by atoms with E-state index in [0.29, 0.717) is 0 Å². The Morgan fingerprint density at radius 3 is 1.54 bits per heavy atom. The van der Waals surface area contributed by atoms with Crippen molar-refractivity contribution in [3.05, 3.63) is 0 Å². The molecule has 0 aromatic heterocycles. The average Bonchev–Trinajstić information content (AvgIpc) is 1.85. The van der Waals surface area contributed by atoms with Gasteiger partial charge in [-0.25, -0.2) is 4.79 Å². The van der Waals surface area contributed by atoms with Gasteiger partial charge in [-0.2, -0.15) is 0 Å². The fourth-order valence-electron chi connectivity index (χ4n) is 0.123. The van der Waals surface area contributed by atoms with Crippen LogP contribution in [0.3, 0.4) is 0 Å². The van der Waals surface area contributed by atoms with Gasteiger partial charge in [-0.15, -0.1) is 0 Å². The van der Waals surface area contributed by atoms with Gasteiger partial charge in [0, 0.05) is 7.11 Å². The fraction of sp³-hybridized carbons (Fsp3) is 0.750. The van der Waals surface area contributed by atoms with Crippen LogP contribution in [-0.4, -0.2) is 35.9 Å². The van der Waals surface area contributed by atoms with Crippen LogP contribution in [-0.2, 0) is 14.3 Å². The molecule has 0 fully saturated rings. The first kappa shape index (κ1) is 14.4. The molecule has 0 saturated heterocycles. The van der Waals surface area contributed by atoms with E-state index in [-0.39, 0.29) is 6.61 Å². The second-order valence-electron chi connectivity index (χ2n) is 3.38. The van der Waals surface area contributed by atoms with Crippen LogP contribution in [0.2, 0.25) is 0 Å². The number of hydrogen-bond acceptors (Lipinski definition) is 3. The minimum absolute atomic E-state index is 0.208. The highest BCUT2D eigenvalue weighted by molar-refractivity contribution is 5.72. The Hall–Kier alpha value is -1.10. The van der Waals surface area contributed by atoms with Crippen LogP contribution in [0.25, 0.3) is 0 Å². The van der Waals surface area contributed by atoms with Gasteiger partial charge >= 0.3 is 11.9 Å². The summed E-state index contributed by atoms with van der Waals surface area (Å²) in [6.07, 6.45) is 0. The maximum atomic E-state index is 10.0. The lowest BCUT2D eigenvalue weighted by Crippen LogP contribution is -2.18. The van der Waals surface area contributed by atoms with Gasteiger partial charge < -0.3 is 14.9 Å². The van der Waals surface area contributed by atoms with Crippen LogP contribution in [0, 0.1) is 5.41 Å². The largest absolute Gasteiger partial charge is 0.481 e. The third-order valence-corrected chi connectivity index (χ3v) is 0.909. The number of ether oxygens (including phenoxy) is 1. The molecule has 0 aliphatic heterocycles. The van der Waals surface area contributed by atoms with Crippen molar-refractivity contribution in [2.45, 2.75) is 20.8 Å². The van der Waals surface area contributed by atoms with Crippen LogP contribution in [0.5, 0.6) is 0 Å². The molecule has 0 unspecified atom stereocenters. The molecule has 0 radical (unpaired) electrons. The Morgan fingerprint density at radius 2 is 1.54 bits per heavy atom. The predicted octanol–water partition coefficient (Wildman–Crippen LogP) is 0.835. The molecule has 0 amide bonds. The van der Waals surface area contributed by atoms with Gasteiger partial charge in [0.05, 0.1) is 5.41 Å². The molecule has 0 rings (SSSR count). The zero-order chi connectivity index (χ0) is 11.1. The summed E-state index contributed by atoms with van der Waals surface area (Å²) < 4.78 is 4.20. The highest BCUT2D eigenvalue weighted by Crippen LogP contribution is 2.11. The van der Waals surface area contributed by atoms with Gasteiger partial charge in [-0.05, 0) is 20.8 Å². The van der Waals surface area contributed by atoms with Crippen molar-refractivity contribution in [3.8, 4) is 0 Å². The number of carboxylic acid groups (broad SMARTS) is 2. The van der Waals surface area contributed by atoms with E-state index < -0.39 is 17.4 Å². The van der Waals surface area contributed by atoms with Gasteiger partial charge in [-0.1, -0.05) is 0 Å². The molecule has 13 heavy (non-hydrogen) atoms. The van der Waals surface area contributed by atoms with Crippen molar-refractivity contribution >= 4 is 11.9 Å². The lowest BCUT2D eigenvalue weighted by Gasteiger charge is -2.08. The molecule has 5 heteroatoms. The van der Waals surface area contributed by atoms with Gasteiger partial charge in [0.2, 0.25) is 0 Å². The Morgan fingerprint density at radius 1 is 1.23 bits per heavy atom. The SMILES string of the molecule is CC(C)(C)C(=O)O.COCC(=O)O. The number of carboxylic acids is 2. The van der Waals surface area contributed by atoms with E-state index in [1.807, 2.05) is 0 Å². The zero-order valence-electron chi connectivity index (χ0n) is 8.33. The molecule has 0 heterocycles. The summed E-state index contributed by atoms with van der Waals surface area (Å²) in [5.41, 5.74) is -0.583. The minimum Gasteiger partial charge on any atom is -0.481 e. The number of carbonyl (C=O) groups is 2. The first-order valence-electron chi connectivity index (χ1n) is 3.66. The first-order valence-corrected chi connectivity index (χ1v) is 3.66. The molecule has 0 aromatic carbocycles. The number of aliphatic carboxylic acids is 2. The number of rotatable bonds is 2. The van der Waals surface area contributed by atoms with Crippen molar-refractivity contribution in [1.29, 1.82) is 0 Å². The molecule has 0 saturated carbocycles. The van der Waals surface area contributed by atoms with Crippen LogP contribution in [0.4, 0.5) is 0 Å². The van der Waals surface area contributed by atoms with Crippen molar-refractivity contribution in [2.24, 2.45) is 5.41 Å². The molecule has 0 aliphatic rings. The lowest BCUT2D eigenvalue weighted by molar-refractivity contribution is -0.146. The van der Waals surface area contributed by atoms with E-state index >= 15 is 0 Å². The summed E-state index contributed by atoms with van der Waals surface area (Å²) in [5, 5.41) is 16.0. The fourth-order valence-corrected chi connectivity index (χ4v) is 0.123. The van der Waals surface area contributed by atoms with Crippen LogP contribution in [0.1, 0.15) is 20.8 Å². The first-order chi connectivity index (χ1) is 5.71. The average molecular weight is 192 g/mol. The van der Waals surface area contributed by atoms with Crippen LogP contribution >= 0.6 is 0 Å². The maximum absolute atomic E-state index is 10.0. The van der Waals surface area contributed by atoms with Crippen molar-refractivity contribution in [2.75, 3.05) is 13.7 Å². The van der Waals surface area contributed by atoms with Crippen molar-refractivity contribution < 1.29 is 24.5 Å². The van der Waals surface area contributed by atoms with Gasteiger partial charge in [-0.3, -0.25) is 4.79 Å². The summed E-state index contributed by atoms with van der Waals surface area (Å²) in [5.74, 6) is -1.69. The molecule has 2 N–H and O–H groups in total.